The third-order valence-corrected chi connectivity index (χ3v) is 4.59. The van der Waals surface area contributed by atoms with Gasteiger partial charge in [-0.15, -0.1) is 0 Å². The summed E-state index contributed by atoms with van der Waals surface area (Å²) in [5, 5.41) is 13.7. The van der Waals surface area contributed by atoms with E-state index in [-0.39, 0.29) is 5.82 Å². The minimum atomic E-state index is -1.03. The van der Waals surface area contributed by atoms with Gasteiger partial charge in [0, 0.05) is 23.4 Å². The SMILES string of the molecule is O=C(O)/C=C/c1cn(-c2ccccc2)nc1-c1cccc(OCc2ccc(F)cc2)c1. The Balaban J connectivity index is 1.64. The van der Waals surface area contributed by atoms with Gasteiger partial charge < -0.3 is 9.84 Å². The first-order chi connectivity index (χ1) is 15.1. The maximum Gasteiger partial charge on any atom is 0.328 e. The largest absolute Gasteiger partial charge is 0.489 e. The number of rotatable bonds is 7. The zero-order valence-corrected chi connectivity index (χ0v) is 16.5. The van der Waals surface area contributed by atoms with E-state index in [0.29, 0.717) is 23.6 Å². The van der Waals surface area contributed by atoms with Crippen LogP contribution in [0.15, 0.2) is 91.1 Å². The lowest BCUT2D eigenvalue weighted by Crippen LogP contribution is -1.96. The molecule has 4 aromatic rings. The molecule has 0 aliphatic heterocycles. The summed E-state index contributed by atoms with van der Waals surface area (Å²) in [4.78, 5) is 11.0. The van der Waals surface area contributed by atoms with Crippen LogP contribution in [0.2, 0.25) is 0 Å². The van der Waals surface area contributed by atoms with E-state index in [1.165, 1.54) is 18.2 Å². The highest BCUT2D eigenvalue weighted by molar-refractivity contribution is 5.87. The van der Waals surface area contributed by atoms with Crippen molar-refractivity contribution >= 4 is 12.0 Å². The number of carboxylic acids is 1. The van der Waals surface area contributed by atoms with Crippen molar-refractivity contribution in [3.63, 3.8) is 0 Å². The van der Waals surface area contributed by atoms with Gasteiger partial charge in [-0.2, -0.15) is 5.10 Å². The second kappa shape index (κ2) is 9.09. The Morgan fingerprint density at radius 2 is 1.81 bits per heavy atom. The Kier molecular flexibility index (Phi) is 5.89. The van der Waals surface area contributed by atoms with Gasteiger partial charge in [0.2, 0.25) is 0 Å². The lowest BCUT2D eigenvalue weighted by atomic mass is 10.1. The summed E-state index contributed by atoms with van der Waals surface area (Å²) in [5.74, 6) is -0.694. The number of ether oxygens (including phenoxy) is 1. The van der Waals surface area contributed by atoms with Gasteiger partial charge in [0.05, 0.1) is 5.69 Å². The quantitative estimate of drug-likeness (QED) is 0.414. The van der Waals surface area contributed by atoms with Crippen LogP contribution in [0, 0.1) is 5.82 Å². The molecule has 4 rings (SSSR count). The normalized spacial score (nSPS) is 11.0. The zero-order chi connectivity index (χ0) is 21.6. The number of carboxylic acid groups (broad SMARTS) is 1. The second-order valence-corrected chi connectivity index (χ2v) is 6.83. The highest BCUT2D eigenvalue weighted by Crippen LogP contribution is 2.28. The monoisotopic (exact) mass is 414 g/mol. The molecule has 0 unspecified atom stereocenters. The molecule has 0 bridgehead atoms. The van der Waals surface area contributed by atoms with Crippen LogP contribution in [0.25, 0.3) is 23.0 Å². The fraction of sp³-hybridized carbons (Fsp3) is 0.0400. The van der Waals surface area contributed by atoms with Crippen LogP contribution in [0.5, 0.6) is 5.75 Å². The summed E-state index contributed by atoms with van der Waals surface area (Å²) in [6, 6.07) is 23.1. The van der Waals surface area contributed by atoms with E-state index in [2.05, 4.69) is 5.10 Å². The number of para-hydroxylation sites is 1. The molecule has 0 spiro atoms. The Labute approximate surface area is 178 Å². The minimum Gasteiger partial charge on any atom is -0.489 e. The van der Waals surface area contributed by atoms with Crippen molar-refractivity contribution in [3.8, 4) is 22.7 Å². The van der Waals surface area contributed by atoms with E-state index in [1.54, 1.807) is 23.0 Å². The molecule has 5 nitrogen and oxygen atoms in total. The maximum atomic E-state index is 13.1. The van der Waals surface area contributed by atoms with Crippen LogP contribution in [0.4, 0.5) is 4.39 Å². The predicted octanol–water partition coefficient (Wildman–Crippen LogP) is 5.36. The lowest BCUT2D eigenvalue weighted by Gasteiger charge is -2.08. The van der Waals surface area contributed by atoms with E-state index >= 15 is 0 Å². The molecular formula is C25H19FN2O3. The van der Waals surface area contributed by atoms with E-state index in [9.17, 15) is 9.18 Å². The fourth-order valence-corrected chi connectivity index (χ4v) is 3.09. The molecule has 0 aliphatic carbocycles. The van der Waals surface area contributed by atoms with Crippen LogP contribution in [0.3, 0.4) is 0 Å². The molecule has 3 aromatic carbocycles. The number of hydrogen-bond donors (Lipinski definition) is 1. The molecule has 1 N–H and O–H groups in total. The number of carbonyl (C=O) groups is 1. The molecule has 31 heavy (non-hydrogen) atoms. The molecule has 154 valence electrons. The van der Waals surface area contributed by atoms with Gasteiger partial charge in [-0.3, -0.25) is 0 Å². The average molecular weight is 414 g/mol. The van der Waals surface area contributed by atoms with Crippen LogP contribution >= 0.6 is 0 Å². The third-order valence-electron chi connectivity index (χ3n) is 4.59. The number of halogens is 1. The lowest BCUT2D eigenvalue weighted by molar-refractivity contribution is -0.131. The molecule has 0 fully saturated rings. The zero-order valence-electron chi connectivity index (χ0n) is 16.5. The summed E-state index contributed by atoms with van der Waals surface area (Å²) >= 11 is 0. The molecule has 0 saturated heterocycles. The van der Waals surface area contributed by atoms with Crippen molar-refractivity contribution in [1.29, 1.82) is 0 Å². The number of aromatic nitrogens is 2. The van der Waals surface area contributed by atoms with Crippen LogP contribution in [0.1, 0.15) is 11.1 Å². The van der Waals surface area contributed by atoms with Gasteiger partial charge in [0.1, 0.15) is 23.9 Å². The first-order valence-corrected chi connectivity index (χ1v) is 9.62. The van der Waals surface area contributed by atoms with Crippen molar-refractivity contribution in [2.24, 2.45) is 0 Å². The molecule has 6 heteroatoms. The number of benzene rings is 3. The molecule has 0 saturated carbocycles. The third kappa shape index (κ3) is 5.05. The highest BCUT2D eigenvalue weighted by atomic mass is 19.1. The standard InChI is InChI=1S/C25H19FN2O3/c26-21-12-9-18(10-13-21)17-31-23-8-4-5-19(15-23)25-20(11-14-24(29)30)16-28(27-25)22-6-2-1-3-7-22/h1-16H,17H2,(H,29,30)/b14-11+. The summed E-state index contributed by atoms with van der Waals surface area (Å²) < 4.78 is 20.6. The van der Waals surface area contributed by atoms with Crippen LogP contribution in [-0.2, 0) is 11.4 Å². The minimum absolute atomic E-state index is 0.290. The summed E-state index contributed by atoms with van der Waals surface area (Å²) in [6.45, 7) is 0.300. The molecule has 0 atom stereocenters. The number of hydrogen-bond acceptors (Lipinski definition) is 3. The maximum absolute atomic E-state index is 13.1. The number of aliphatic carboxylic acids is 1. The smallest absolute Gasteiger partial charge is 0.328 e. The van der Waals surface area contributed by atoms with Gasteiger partial charge in [0.25, 0.3) is 0 Å². The van der Waals surface area contributed by atoms with Crippen molar-refractivity contribution in [2.45, 2.75) is 6.61 Å². The Morgan fingerprint density at radius 3 is 2.55 bits per heavy atom. The van der Waals surface area contributed by atoms with Gasteiger partial charge >= 0.3 is 5.97 Å². The first-order valence-electron chi connectivity index (χ1n) is 9.62. The van der Waals surface area contributed by atoms with E-state index in [0.717, 1.165) is 22.9 Å². The molecule has 1 aromatic heterocycles. The van der Waals surface area contributed by atoms with Crippen LogP contribution < -0.4 is 4.74 Å². The van der Waals surface area contributed by atoms with Crippen molar-refractivity contribution in [2.75, 3.05) is 0 Å². The fourth-order valence-electron chi connectivity index (χ4n) is 3.09. The second-order valence-electron chi connectivity index (χ2n) is 6.83. The van der Waals surface area contributed by atoms with Crippen LogP contribution in [-0.4, -0.2) is 20.9 Å². The number of nitrogens with zero attached hydrogens (tertiary/aromatic N) is 2. The summed E-state index contributed by atoms with van der Waals surface area (Å²) in [5.41, 5.74) is 3.81. The first kappa shape index (κ1) is 20.1. The highest BCUT2D eigenvalue weighted by Gasteiger charge is 2.12. The Hall–Kier alpha value is -4.19. The summed E-state index contributed by atoms with van der Waals surface area (Å²) in [6.07, 6.45) is 4.40. The van der Waals surface area contributed by atoms with E-state index in [1.807, 2.05) is 54.6 Å². The topological polar surface area (TPSA) is 64.3 Å². The van der Waals surface area contributed by atoms with Gasteiger partial charge in [-0.05, 0) is 48.0 Å². The van der Waals surface area contributed by atoms with Crippen molar-refractivity contribution in [1.82, 2.24) is 9.78 Å². The van der Waals surface area contributed by atoms with Crippen molar-refractivity contribution in [3.05, 3.63) is 108 Å². The molecule has 0 amide bonds. The van der Waals surface area contributed by atoms with Gasteiger partial charge in [-0.25, -0.2) is 13.9 Å². The summed E-state index contributed by atoms with van der Waals surface area (Å²) in [7, 11) is 0. The Morgan fingerprint density at radius 1 is 1.03 bits per heavy atom. The molecule has 0 radical (unpaired) electrons. The van der Waals surface area contributed by atoms with Gasteiger partial charge in [0.15, 0.2) is 0 Å². The molecular weight excluding hydrogens is 395 g/mol. The van der Waals surface area contributed by atoms with Crippen molar-refractivity contribution < 1.29 is 19.0 Å². The van der Waals surface area contributed by atoms with E-state index in [4.69, 9.17) is 9.84 Å². The Bertz CT molecular complexity index is 1220. The van der Waals surface area contributed by atoms with E-state index < -0.39 is 5.97 Å². The molecule has 1 heterocycles. The van der Waals surface area contributed by atoms with Gasteiger partial charge in [-0.1, -0.05) is 42.5 Å². The predicted molar refractivity (Wildman–Crippen MR) is 116 cm³/mol. The average Bonchev–Trinajstić information content (AvgIpc) is 3.22. The molecule has 0 aliphatic rings.